The maximum Gasteiger partial charge on any atom is 0.0714 e. The second kappa shape index (κ2) is 9.13. The van der Waals surface area contributed by atoms with E-state index >= 15 is 0 Å². The summed E-state index contributed by atoms with van der Waals surface area (Å²) in [6.45, 7) is 19.2. The highest BCUT2D eigenvalue weighted by molar-refractivity contribution is 5.16. The van der Waals surface area contributed by atoms with Crippen molar-refractivity contribution in [2.75, 3.05) is 13.2 Å². The summed E-state index contributed by atoms with van der Waals surface area (Å²) in [6.07, 6.45) is 5.79. The number of hydrogen-bond acceptors (Lipinski definition) is 6. The predicted octanol–water partition coefficient (Wildman–Crippen LogP) is 4.70. The van der Waals surface area contributed by atoms with E-state index in [9.17, 15) is 20.4 Å². The van der Waals surface area contributed by atoms with Gasteiger partial charge in [-0.1, -0.05) is 41.5 Å². The molecule has 0 spiro atoms. The second-order valence-electron chi connectivity index (χ2n) is 16.3. The molecule has 2 heterocycles. The number of rotatable bonds is 0. The second-order valence-corrected chi connectivity index (χ2v) is 16.3. The number of ether oxygens (including phenoxy) is 2. The molecule has 6 fully saturated rings. The summed E-state index contributed by atoms with van der Waals surface area (Å²) in [5.74, 6) is 1.07. The Bertz CT molecular complexity index is 832. The Morgan fingerprint density at radius 3 is 1.21 bits per heavy atom. The molecule has 12 atom stereocenters. The predicted molar refractivity (Wildman–Crippen MR) is 147 cm³/mol. The molecule has 6 rings (SSSR count). The van der Waals surface area contributed by atoms with Gasteiger partial charge in [0.2, 0.25) is 0 Å². The molecule has 220 valence electrons. The maximum absolute atomic E-state index is 10.7. The van der Waals surface area contributed by atoms with E-state index in [-0.39, 0.29) is 69.1 Å². The van der Waals surface area contributed by atoms with Gasteiger partial charge in [-0.2, -0.15) is 0 Å². The first kappa shape index (κ1) is 29.3. The standard InChI is InChI=1S/2C16H28O3/c2*1-14(2)7-5-12(18)16(4)11-6-8-19-15(11,3)9-10(17)13(14)16/h2*10-13,17-18H,5-9H2,1-4H3/t10-,11+,12-,13-,15+,16-;/m0./s1. The van der Waals surface area contributed by atoms with Gasteiger partial charge in [0, 0.05) is 36.9 Å². The van der Waals surface area contributed by atoms with Crippen molar-refractivity contribution in [3.8, 4) is 0 Å². The Kier molecular flexibility index (Phi) is 7.03. The highest BCUT2D eigenvalue weighted by Gasteiger charge is 2.67. The van der Waals surface area contributed by atoms with Crippen LogP contribution in [-0.4, -0.2) is 69.3 Å². The molecule has 0 aromatic carbocycles. The summed E-state index contributed by atoms with van der Waals surface area (Å²) in [5.41, 5.74) is -0.748. The summed E-state index contributed by atoms with van der Waals surface area (Å²) in [5, 5.41) is 42.9. The molecule has 2 saturated heterocycles. The minimum atomic E-state index is -0.366. The summed E-state index contributed by atoms with van der Waals surface area (Å²) in [7, 11) is 0. The van der Waals surface area contributed by atoms with Gasteiger partial charge in [-0.15, -0.1) is 0 Å². The van der Waals surface area contributed by atoms with E-state index in [0.29, 0.717) is 24.7 Å². The van der Waals surface area contributed by atoms with Crippen molar-refractivity contribution >= 4 is 0 Å². The zero-order valence-corrected chi connectivity index (χ0v) is 25.3. The largest absolute Gasteiger partial charge is 0.393 e. The Balaban J connectivity index is 0.000000155. The molecule has 6 heteroatoms. The molecule has 0 amide bonds. The fourth-order valence-corrected chi connectivity index (χ4v) is 11.9. The van der Waals surface area contributed by atoms with Crippen molar-refractivity contribution in [3.05, 3.63) is 0 Å². The summed E-state index contributed by atoms with van der Waals surface area (Å²) >= 11 is 0. The first-order valence-corrected chi connectivity index (χ1v) is 15.4. The van der Waals surface area contributed by atoms with Crippen LogP contribution in [0.15, 0.2) is 0 Å². The van der Waals surface area contributed by atoms with Gasteiger partial charge in [0.05, 0.1) is 35.6 Å². The van der Waals surface area contributed by atoms with Crippen LogP contribution < -0.4 is 0 Å². The third-order valence-electron chi connectivity index (χ3n) is 13.2. The quantitative estimate of drug-likeness (QED) is 0.358. The van der Waals surface area contributed by atoms with Crippen molar-refractivity contribution in [2.45, 2.75) is 142 Å². The van der Waals surface area contributed by atoms with Crippen LogP contribution in [0.3, 0.4) is 0 Å². The number of aliphatic hydroxyl groups excluding tert-OH is 4. The summed E-state index contributed by atoms with van der Waals surface area (Å²) in [4.78, 5) is 0. The average molecular weight is 537 g/mol. The third kappa shape index (κ3) is 4.01. The van der Waals surface area contributed by atoms with Crippen LogP contribution in [0.1, 0.15) is 107 Å². The highest BCUT2D eigenvalue weighted by Crippen LogP contribution is 2.66. The molecule has 38 heavy (non-hydrogen) atoms. The van der Waals surface area contributed by atoms with Crippen molar-refractivity contribution in [1.29, 1.82) is 0 Å². The first-order chi connectivity index (χ1) is 17.4. The van der Waals surface area contributed by atoms with Crippen LogP contribution in [0.4, 0.5) is 0 Å². The molecule has 0 aromatic heterocycles. The fraction of sp³-hybridized carbons (Fsp3) is 1.00. The minimum Gasteiger partial charge on any atom is -0.393 e. The van der Waals surface area contributed by atoms with Gasteiger partial charge >= 0.3 is 0 Å². The lowest BCUT2D eigenvalue weighted by molar-refractivity contribution is -0.234. The Labute approximate surface area is 230 Å². The lowest BCUT2D eigenvalue weighted by Gasteiger charge is -2.63. The van der Waals surface area contributed by atoms with Crippen LogP contribution in [0.5, 0.6) is 0 Å². The molecule has 6 aliphatic rings. The van der Waals surface area contributed by atoms with Crippen LogP contribution >= 0.6 is 0 Å². The average Bonchev–Trinajstić information content (AvgIpc) is 3.37. The van der Waals surface area contributed by atoms with Gasteiger partial charge in [0.1, 0.15) is 0 Å². The molecule has 6 nitrogen and oxygen atoms in total. The molecule has 6 unspecified atom stereocenters. The van der Waals surface area contributed by atoms with Crippen molar-refractivity contribution in [3.63, 3.8) is 0 Å². The maximum atomic E-state index is 10.7. The fourth-order valence-electron chi connectivity index (χ4n) is 11.9. The van der Waals surface area contributed by atoms with Gasteiger partial charge in [-0.3, -0.25) is 0 Å². The van der Waals surface area contributed by atoms with Gasteiger partial charge < -0.3 is 29.9 Å². The monoisotopic (exact) mass is 536 g/mol. The Morgan fingerprint density at radius 2 is 0.868 bits per heavy atom. The normalized spacial score (nSPS) is 56.5. The molecule has 2 aliphatic heterocycles. The Morgan fingerprint density at radius 1 is 0.526 bits per heavy atom. The van der Waals surface area contributed by atoms with Crippen LogP contribution in [-0.2, 0) is 9.47 Å². The van der Waals surface area contributed by atoms with E-state index in [1.807, 2.05) is 0 Å². The van der Waals surface area contributed by atoms with E-state index in [2.05, 4.69) is 55.4 Å². The molecule has 4 aliphatic carbocycles. The van der Waals surface area contributed by atoms with Crippen molar-refractivity contribution in [2.24, 2.45) is 45.3 Å². The van der Waals surface area contributed by atoms with Gasteiger partial charge in [0.15, 0.2) is 0 Å². The highest BCUT2D eigenvalue weighted by atomic mass is 16.5. The van der Waals surface area contributed by atoms with Gasteiger partial charge in [0.25, 0.3) is 0 Å². The zero-order chi connectivity index (χ0) is 28.1. The van der Waals surface area contributed by atoms with Crippen LogP contribution in [0.25, 0.3) is 0 Å². The number of aliphatic hydroxyl groups is 4. The zero-order valence-electron chi connectivity index (χ0n) is 25.3. The van der Waals surface area contributed by atoms with E-state index in [0.717, 1.165) is 51.7 Å². The molecule has 0 bridgehead atoms. The summed E-state index contributed by atoms with van der Waals surface area (Å²) < 4.78 is 11.9. The molecule has 0 radical (unpaired) electrons. The lowest BCUT2D eigenvalue weighted by Crippen LogP contribution is -2.65. The topological polar surface area (TPSA) is 99.4 Å². The molecular weight excluding hydrogens is 480 g/mol. The van der Waals surface area contributed by atoms with Crippen molar-refractivity contribution in [1.82, 2.24) is 0 Å². The van der Waals surface area contributed by atoms with E-state index < -0.39 is 0 Å². The lowest BCUT2D eigenvalue weighted by atomic mass is 9.44. The Hall–Kier alpha value is -0.240. The smallest absolute Gasteiger partial charge is 0.0714 e. The van der Waals surface area contributed by atoms with E-state index in [1.54, 1.807) is 0 Å². The van der Waals surface area contributed by atoms with Crippen molar-refractivity contribution < 1.29 is 29.9 Å². The molecule has 0 aromatic rings. The number of hydrogen-bond donors (Lipinski definition) is 4. The minimum absolute atomic E-state index is 0.0946. The van der Waals surface area contributed by atoms with E-state index in [4.69, 9.17) is 9.47 Å². The third-order valence-corrected chi connectivity index (χ3v) is 13.2. The molecular formula is C32H56O6. The number of fused-ring (bicyclic) bond motifs is 6. The summed E-state index contributed by atoms with van der Waals surface area (Å²) in [6, 6.07) is 0. The van der Waals surface area contributed by atoms with Gasteiger partial charge in [-0.05, 0) is 86.9 Å². The van der Waals surface area contributed by atoms with Crippen LogP contribution in [0, 0.1) is 45.3 Å². The SMILES string of the molecule is CC1(C)CCC(O)C2(C)C1C(O)CC1(C)OCCC12.CC1(C)CC[C@H](O)[C@@]2(C)[C@H]1[C@@H](O)C[C@@]1(C)OCC[C@@H]21. The molecule has 4 saturated carbocycles. The molecule has 4 N–H and O–H groups in total. The van der Waals surface area contributed by atoms with Gasteiger partial charge in [-0.25, -0.2) is 0 Å². The van der Waals surface area contributed by atoms with Crippen LogP contribution in [0.2, 0.25) is 0 Å². The van der Waals surface area contributed by atoms with E-state index in [1.165, 1.54) is 0 Å². The first-order valence-electron chi connectivity index (χ1n) is 15.4.